The number of likely N-dealkylation sites (tertiary alicyclic amines) is 1. The molecule has 0 aromatic carbocycles. The Morgan fingerprint density at radius 2 is 2.00 bits per heavy atom. The predicted octanol–water partition coefficient (Wildman–Crippen LogP) is 1.71. The van der Waals surface area contributed by atoms with Crippen LogP contribution in [0.15, 0.2) is 12.2 Å². The summed E-state index contributed by atoms with van der Waals surface area (Å²) >= 11 is 0. The van der Waals surface area contributed by atoms with Gasteiger partial charge in [0.15, 0.2) is 0 Å². The highest BCUT2D eigenvalue weighted by atomic mass is 16.4. The monoisotopic (exact) mass is 213 g/mol. The molecule has 1 aliphatic rings. The summed E-state index contributed by atoms with van der Waals surface area (Å²) in [6.45, 7) is 6.95. The first-order valence-electron chi connectivity index (χ1n) is 5.22. The maximum absolute atomic E-state index is 10.7. The zero-order chi connectivity index (χ0) is 11.5. The van der Waals surface area contributed by atoms with E-state index < -0.39 is 6.09 Å². The molecule has 2 N–H and O–H groups in total. The number of hydrogen-bond donors (Lipinski definition) is 2. The fourth-order valence-electron chi connectivity index (χ4n) is 2.20. The van der Waals surface area contributed by atoms with Crippen LogP contribution in [0.3, 0.4) is 0 Å². The normalized spacial score (nSPS) is 20.0. The van der Waals surface area contributed by atoms with E-state index in [1.807, 2.05) is 6.92 Å². The summed E-state index contributed by atoms with van der Waals surface area (Å²) in [5, 5.41) is 18.2. The van der Waals surface area contributed by atoms with E-state index in [2.05, 4.69) is 6.58 Å². The van der Waals surface area contributed by atoms with E-state index in [9.17, 15) is 9.90 Å². The summed E-state index contributed by atoms with van der Waals surface area (Å²) < 4.78 is 0. The second-order valence-corrected chi connectivity index (χ2v) is 4.56. The fourth-order valence-corrected chi connectivity index (χ4v) is 2.20. The molecule has 1 rings (SSSR count). The van der Waals surface area contributed by atoms with Gasteiger partial charge < -0.3 is 15.1 Å². The molecule has 1 aliphatic heterocycles. The molecule has 4 nitrogen and oxygen atoms in total. The third kappa shape index (κ3) is 2.96. The lowest BCUT2D eigenvalue weighted by Gasteiger charge is -2.39. The molecule has 0 aromatic heterocycles. The average molecular weight is 213 g/mol. The first-order chi connectivity index (χ1) is 6.99. The van der Waals surface area contributed by atoms with Crippen molar-refractivity contribution in [1.29, 1.82) is 0 Å². The van der Waals surface area contributed by atoms with Crippen molar-refractivity contribution < 1.29 is 15.0 Å². The molecule has 0 unspecified atom stereocenters. The lowest BCUT2D eigenvalue weighted by Crippen LogP contribution is -2.44. The number of carboxylic acid groups (broad SMARTS) is 1. The minimum Gasteiger partial charge on any atom is -0.465 e. The van der Waals surface area contributed by atoms with Gasteiger partial charge in [0.05, 0.1) is 0 Å². The van der Waals surface area contributed by atoms with Gasteiger partial charge in [-0.05, 0) is 26.2 Å². The van der Waals surface area contributed by atoms with Crippen LogP contribution in [0.4, 0.5) is 4.79 Å². The number of nitrogens with zero attached hydrogens (tertiary/aromatic N) is 1. The molecule has 15 heavy (non-hydrogen) atoms. The van der Waals surface area contributed by atoms with Crippen LogP contribution < -0.4 is 0 Å². The standard InChI is InChI=1S/C11H19NO3/c1-9(2)7-11(8-13)3-5-12(6-4-11)10(14)15/h13H,1,3-8H2,2H3,(H,14,15). The van der Waals surface area contributed by atoms with Crippen molar-refractivity contribution in [2.45, 2.75) is 26.2 Å². The summed E-state index contributed by atoms with van der Waals surface area (Å²) in [5.41, 5.74) is 0.908. The molecular formula is C11H19NO3. The Bertz CT molecular complexity index is 255. The van der Waals surface area contributed by atoms with Gasteiger partial charge in [-0.25, -0.2) is 4.79 Å². The zero-order valence-corrected chi connectivity index (χ0v) is 9.20. The molecule has 1 heterocycles. The summed E-state index contributed by atoms with van der Waals surface area (Å²) in [5.74, 6) is 0. The highest BCUT2D eigenvalue weighted by molar-refractivity contribution is 5.65. The SMILES string of the molecule is C=C(C)CC1(CO)CCN(C(=O)O)CC1. The van der Waals surface area contributed by atoms with Gasteiger partial charge in [-0.3, -0.25) is 0 Å². The van der Waals surface area contributed by atoms with E-state index in [0.29, 0.717) is 13.1 Å². The largest absolute Gasteiger partial charge is 0.465 e. The highest BCUT2D eigenvalue weighted by Crippen LogP contribution is 2.36. The van der Waals surface area contributed by atoms with Gasteiger partial charge in [0, 0.05) is 25.1 Å². The topological polar surface area (TPSA) is 60.8 Å². The lowest BCUT2D eigenvalue weighted by molar-refractivity contribution is 0.0447. The Labute approximate surface area is 90.2 Å². The van der Waals surface area contributed by atoms with Crippen LogP contribution in [0.25, 0.3) is 0 Å². The van der Waals surface area contributed by atoms with Crippen LogP contribution in [0.1, 0.15) is 26.2 Å². The molecule has 0 aliphatic carbocycles. The molecule has 86 valence electrons. The predicted molar refractivity (Wildman–Crippen MR) is 57.8 cm³/mol. The van der Waals surface area contributed by atoms with Gasteiger partial charge in [0.2, 0.25) is 0 Å². The van der Waals surface area contributed by atoms with Crippen LogP contribution in [-0.4, -0.2) is 40.9 Å². The minimum atomic E-state index is -0.864. The number of aliphatic hydroxyl groups excluding tert-OH is 1. The molecule has 0 radical (unpaired) electrons. The van der Waals surface area contributed by atoms with Crippen molar-refractivity contribution in [3.8, 4) is 0 Å². The molecule has 0 spiro atoms. The van der Waals surface area contributed by atoms with Crippen LogP contribution in [0.5, 0.6) is 0 Å². The second-order valence-electron chi connectivity index (χ2n) is 4.56. The molecule has 0 saturated carbocycles. The zero-order valence-electron chi connectivity index (χ0n) is 9.20. The van der Waals surface area contributed by atoms with Crippen LogP contribution >= 0.6 is 0 Å². The third-order valence-electron chi connectivity index (χ3n) is 3.11. The lowest BCUT2D eigenvalue weighted by atomic mass is 9.75. The molecule has 1 saturated heterocycles. The number of rotatable bonds is 3. The van der Waals surface area contributed by atoms with Gasteiger partial charge in [0.25, 0.3) is 0 Å². The van der Waals surface area contributed by atoms with Gasteiger partial charge in [-0.1, -0.05) is 5.57 Å². The Kier molecular flexibility index (Phi) is 3.74. The van der Waals surface area contributed by atoms with E-state index in [1.165, 1.54) is 4.90 Å². The van der Waals surface area contributed by atoms with Crippen molar-refractivity contribution in [2.24, 2.45) is 5.41 Å². The molecule has 1 amide bonds. The fraction of sp³-hybridized carbons (Fsp3) is 0.727. The number of allylic oxidation sites excluding steroid dienone is 1. The number of amides is 1. The number of piperidine rings is 1. The van der Waals surface area contributed by atoms with E-state index in [0.717, 1.165) is 24.8 Å². The average Bonchev–Trinajstić information content (AvgIpc) is 2.17. The number of carbonyl (C=O) groups is 1. The van der Waals surface area contributed by atoms with Crippen molar-refractivity contribution in [2.75, 3.05) is 19.7 Å². The van der Waals surface area contributed by atoms with Gasteiger partial charge in [-0.15, -0.1) is 6.58 Å². The summed E-state index contributed by atoms with van der Waals surface area (Å²) in [6.07, 6.45) is 1.37. The van der Waals surface area contributed by atoms with Crippen molar-refractivity contribution in [3.05, 3.63) is 12.2 Å². The van der Waals surface area contributed by atoms with Crippen LogP contribution in [0.2, 0.25) is 0 Å². The Hall–Kier alpha value is -1.03. The number of hydrogen-bond acceptors (Lipinski definition) is 2. The van der Waals surface area contributed by atoms with E-state index in [-0.39, 0.29) is 12.0 Å². The first kappa shape index (κ1) is 12.0. The highest BCUT2D eigenvalue weighted by Gasteiger charge is 2.35. The van der Waals surface area contributed by atoms with E-state index >= 15 is 0 Å². The van der Waals surface area contributed by atoms with Gasteiger partial charge in [-0.2, -0.15) is 0 Å². The van der Waals surface area contributed by atoms with Gasteiger partial charge in [0.1, 0.15) is 0 Å². The molecule has 4 heteroatoms. The van der Waals surface area contributed by atoms with Crippen molar-refractivity contribution in [3.63, 3.8) is 0 Å². The van der Waals surface area contributed by atoms with E-state index in [1.54, 1.807) is 0 Å². The van der Waals surface area contributed by atoms with Crippen LogP contribution in [0, 0.1) is 5.41 Å². The smallest absolute Gasteiger partial charge is 0.407 e. The molecular weight excluding hydrogens is 194 g/mol. The molecule has 1 fully saturated rings. The van der Waals surface area contributed by atoms with Crippen molar-refractivity contribution in [1.82, 2.24) is 4.90 Å². The van der Waals surface area contributed by atoms with Crippen molar-refractivity contribution >= 4 is 6.09 Å². The third-order valence-corrected chi connectivity index (χ3v) is 3.11. The molecule has 0 bridgehead atoms. The quantitative estimate of drug-likeness (QED) is 0.701. The van der Waals surface area contributed by atoms with Gasteiger partial charge >= 0.3 is 6.09 Å². The molecule has 0 aromatic rings. The maximum Gasteiger partial charge on any atom is 0.407 e. The summed E-state index contributed by atoms with van der Waals surface area (Å²) in [7, 11) is 0. The second kappa shape index (κ2) is 4.66. The van der Waals surface area contributed by atoms with E-state index in [4.69, 9.17) is 5.11 Å². The first-order valence-corrected chi connectivity index (χ1v) is 5.22. The summed E-state index contributed by atoms with van der Waals surface area (Å²) in [6, 6.07) is 0. The van der Waals surface area contributed by atoms with Crippen LogP contribution in [-0.2, 0) is 0 Å². The Morgan fingerprint density at radius 1 is 1.47 bits per heavy atom. The maximum atomic E-state index is 10.7. The Morgan fingerprint density at radius 3 is 2.33 bits per heavy atom. The number of aliphatic hydroxyl groups is 1. The summed E-state index contributed by atoms with van der Waals surface area (Å²) in [4.78, 5) is 12.1. The Balaban J connectivity index is 2.58. The molecule has 0 atom stereocenters. The minimum absolute atomic E-state index is 0.118.